The van der Waals surface area contributed by atoms with E-state index in [4.69, 9.17) is 16.3 Å². The van der Waals surface area contributed by atoms with Crippen LogP contribution in [0.2, 0.25) is 5.02 Å². The van der Waals surface area contributed by atoms with E-state index in [9.17, 15) is 15.0 Å². The molecular weight excluding hydrogens is 450 g/mol. The van der Waals surface area contributed by atoms with E-state index in [-0.39, 0.29) is 11.6 Å². The zero-order chi connectivity index (χ0) is 24.1. The number of carboxylic acid groups (broad SMARTS) is 1. The summed E-state index contributed by atoms with van der Waals surface area (Å²) >= 11 is 5.94. The highest BCUT2D eigenvalue weighted by atomic mass is 35.5. The molecule has 2 atom stereocenters. The molecule has 178 valence electrons. The summed E-state index contributed by atoms with van der Waals surface area (Å²) in [5, 5.41) is 24.2. The van der Waals surface area contributed by atoms with Gasteiger partial charge in [0.1, 0.15) is 11.3 Å². The van der Waals surface area contributed by atoms with Crippen LogP contribution in [0.25, 0.3) is 11.1 Å². The first-order valence-corrected chi connectivity index (χ1v) is 12.1. The molecule has 0 radical (unpaired) electrons. The highest BCUT2D eigenvalue weighted by molar-refractivity contribution is 6.30. The van der Waals surface area contributed by atoms with Gasteiger partial charge >= 0.3 is 5.97 Å². The van der Waals surface area contributed by atoms with Crippen molar-refractivity contribution in [2.45, 2.75) is 44.8 Å². The fourth-order valence-electron chi connectivity index (χ4n) is 4.40. The van der Waals surface area contributed by atoms with Gasteiger partial charge in [0.2, 0.25) is 0 Å². The monoisotopic (exact) mass is 479 g/mol. The third-order valence-electron chi connectivity index (χ3n) is 6.30. The standard InChI is InChI=1S/C28H30ClNO4/c1-2-13-34-27-16-21(8-12-25(27)28(32)33)20-4-3-18-7-11-24(15-22(18)14-20)30-17-26(31)19-5-9-23(29)10-6-19/h3-6,8-10,12,14,16,24,26,30-31H,2,7,11,13,15,17H2,1H3,(H,32,33)/t24-,26-/m0/s1. The smallest absolute Gasteiger partial charge is 0.339 e. The molecule has 4 rings (SSSR count). The van der Waals surface area contributed by atoms with E-state index >= 15 is 0 Å². The van der Waals surface area contributed by atoms with E-state index < -0.39 is 12.1 Å². The van der Waals surface area contributed by atoms with Gasteiger partial charge < -0.3 is 20.3 Å². The van der Waals surface area contributed by atoms with Crippen molar-refractivity contribution in [2.24, 2.45) is 0 Å². The van der Waals surface area contributed by atoms with Crippen LogP contribution >= 0.6 is 11.6 Å². The molecule has 0 fully saturated rings. The normalized spacial score (nSPS) is 16.0. The van der Waals surface area contributed by atoms with Crippen LogP contribution in [0.4, 0.5) is 0 Å². The Bertz CT molecular complexity index is 1150. The highest BCUT2D eigenvalue weighted by Gasteiger charge is 2.21. The van der Waals surface area contributed by atoms with Crippen molar-refractivity contribution in [2.75, 3.05) is 13.2 Å². The molecule has 0 heterocycles. The Morgan fingerprint density at radius 2 is 1.82 bits per heavy atom. The molecule has 0 amide bonds. The quantitative estimate of drug-likeness (QED) is 0.368. The van der Waals surface area contributed by atoms with E-state index in [1.807, 2.05) is 31.2 Å². The molecule has 0 aliphatic heterocycles. The summed E-state index contributed by atoms with van der Waals surface area (Å²) in [7, 11) is 0. The second-order valence-corrected chi connectivity index (χ2v) is 9.20. The Labute approximate surface area is 205 Å². The van der Waals surface area contributed by atoms with Crippen molar-refractivity contribution in [3.8, 4) is 16.9 Å². The Kier molecular flexibility index (Phi) is 7.88. The fraction of sp³-hybridized carbons (Fsp3) is 0.321. The van der Waals surface area contributed by atoms with Gasteiger partial charge in [0.25, 0.3) is 0 Å². The molecule has 3 aromatic carbocycles. The Morgan fingerprint density at radius 1 is 1.09 bits per heavy atom. The lowest BCUT2D eigenvalue weighted by atomic mass is 9.86. The number of carbonyl (C=O) groups is 1. The first-order chi connectivity index (χ1) is 16.4. The Hall–Kier alpha value is -2.86. The van der Waals surface area contributed by atoms with Gasteiger partial charge in [-0.25, -0.2) is 4.79 Å². The largest absolute Gasteiger partial charge is 0.493 e. The molecule has 34 heavy (non-hydrogen) atoms. The number of nitrogens with one attached hydrogen (secondary N) is 1. The lowest BCUT2D eigenvalue weighted by Gasteiger charge is -2.27. The number of aromatic carboxylic acids is 1. The average molecular weight is 480 g/mol. The predicted molar refractivity (Wildman–Crippen MR) is 135 cm³/mol. The van der Waals surface area contributed by atoms with Gasteiger partial charge in [-0.3, -0.25) is 0 Å². The van der Waals surface area contributed by atoms with Gasteiger partial charge in [0.15, 0.2) is 0 Å². The molecule has 0 saturated heterocycles. The van der Waals surface area contributed by atoms with Crippen molar-refractivity contribution in [3.05, 3.63) is 87.9 Å². The van der Waals surface area contributed by atoms with Crippen molar-refractivity contribution in [1.82, 2.24) is 5.32 Å². The molecule has 6 heteroatoms. The zero-order valence-electron chi connectivity index (χ0n) is 19.3. The minimum atomic E-state index is -0.988. The lowest BCUT2D eigenvalue weighted by molar-refractivity contribution is 0.0692. The molecule has 0 aromatic heterocycles. The number of aliphatic hydroxyl groups is 1. The molecule has 3 aromatic rings. The second kappa shape index (κ2) is 11.0. The predicted octanol–water partition coefficient (Wildman–Crippen LogP) is 5.67. The number of carboxylic acids is 1. The van der Waals surface area contributed by atoms with Crippen molar-refractivity contribution < 1.29 is 19.7 Å². The van der Waals surface area contributed by atoms with Gasteiger partial charge in [-0.2, -0.15) is 0 Å². The van der Waals surface area contributed by atoms with Crippen molar-refractivity contribution in [3.63, 3.8) is 0 Å². The summed E-state index contributed by atoms with van der Waals surface area (Å²) in [5.41, 5.74) is 5.62. The van der Waals surface area contributed by atoms with Gasteiger partial charge in [-0.15, -0.1) is 0 Å². The van der Waals surface area contributed by atoms with Gasteiger partial charge in [0, 0.05) is 17.6 Å². The third kappa shape index (κ3) is 5.79. The van der Waals surface area contributed by atoms with Crippen molar-refractivity contribution in [1.29, 1.82) is 0 Å². The summed E-state index contributed by atoms with van der Waals surface area (Å²) in [6.45, 7) is 2.95. The number of ether oxygens (including phenoxy) is 1. The first kappa shape index (κ1) is 24.3. The lowest BCUT2D eigenvalue weighted by Crippen LogP contribution is -2.37. The van der Waals surface area contributed by atoms with E-state index in [1.54, 1.807) is 18.2 Å². The van der Waals surface area contributed by atoms with Gasteiger partial charge in [-0.1, -0.05) is 54.9 Å². The van der Waals surface area contributed by atoms with Crippen LogP contribution in [0.5, 0.6) is 5.75 Å². The molecule has 5 nitrogen and oxygen atoms in total. The van der Waals surface area contributed by atoms with Crippen LogP contribution in [0.3, 0.4) is 0 Å². The molecule has 0 saturated carbocycles. The second-order valence-electron chi connectivity index (χ2n) is 8.76. The molecular formula is C28H30ClNO4. The topological polar surface area (TPSA) is 78.8 Å². The van der Waals surface area contributed by atoms with E-state index in [1.165, 1.54) is 11.1 Å². The molecule has 3 N–H and O–H groups in total. The van der Waals surface area contributed by atoms with Crippen LogP contribution in [0.15, 0.2) is 60.7 Å². The van der Waals surface area contributed by atoms with Crippen LogP contribution in [-0.2, 0) is 12.8 Å². The summed E-state index contributed by atoms with van der Waals surface area (Å²) in [6.07, 6.45) is 3.10. The number of benzene rings is 3. The molecule has 0 unspecified atom stereocenters. The summed E-state index contributed by atoms with van der Waals surface area (Å²) in [6, 6.07) is 19.3. The summed E-state index contributed by atoms with van der Waals surface area (Å²) in [5.74, 6) is -0.585. The van der Waals surface area contributed by atoms with Crippen LogP contribution in [0.1, 0.15) is 52.9 Å². The van der Waals surface area contributed by atoms with Crippen LogP contribution in [-0.4, -0.2) is 35.4 Å². The summed E-state index contributed by atoms with van der Waals surface area (Å²) in [4.78, 5) is 11.6. The number of fused-ring (bicyclic) bond motifs is 1. The number of hydrogen-bond donors (Lipinski definition) is 3. The average Bonchev–Trinajstić information content (AvgIpc) is 2.85. The number of aryl methyl sites for hydroxylation is 1. The molecule has 0 bridgehead atoms. The van der Waals surface area contributed by atoms with Crippen molar-refractivity contribution >= 4 is 17.6 Å². The fourth-order valence-corrected chi connectivity index (χ4v) is 4.53. The molecule has 1 aliphatic rings. The number of hydrogen-bond acceptors (Lipinski definition) is 4. The Balaban J connectivity index is 1.46. The third-order valence-corrected chi connectivity index (χ3v) is 6.55. The van der Waals surface area contributed by atoms with E-state index in [0.29, 0.717) is 23.9 Å². The Morgan fingerprint density at radius 3 is 2.56 bits per heavy atom. The van der Waals surface area contributed by atoms with Crippen LogP contribution < -0.4 is 10.1 Å². The number of rotatable bonds is 9. The number of halogens is 1. The zero-order valence-corrected chi connectivity index (χ0v) is 20.0. The maximum absolute atomic E-state index is 11.6. The van der Waals surface area contributed by atoms with E-state index in [0.717, 1.165) is 42.4 Å². The summed E-state index contributed by atoms with van der Waals surface area (Å²) < 4.78 is 5.71. The molecule has 1 aliphatic carbocycles. The minimum absolute atomic E-state index is 0.179. The first-order valence-electron chi connectivity index (χ1n) is 11.7. The minimum Gasteiger partial charge on any atom is -0.493 e. The van der Waals surface area contributed by atoms with Crippen LogP contribution in [0, 0.1) is 0 Å². The number of aliphatic hydroxyl groups excluding tert-OH is 1. The van der Waals surface area contributed by atoms with Gasteiger partial charge in [-0.05, 0) is 77.8 Å². The maximum atomic E-state index is 11.6. The SMILES string of the molecule is CCCOc1cc(-c2ccc3c(c2)C[C@@H](NC[C@H](O)c2ccc(Cl)cc2)CC3)ccc1C(=O)O. The molecule has 0 spiro atoms. The highest BCUT2D eigenvalue weighted by Crippen LogP contribution is 2.31. The van der Waals surface area contributed by atoms with E-state index in [2.05, 4.69) is 23.5 Å². The van der Waals surface area contributed by atoms with Gasteiger partial charge in [0.05, 0.1) is 12.7 Å². The maximum Gasteiger partial charge on any atom is 0.339 e.